The Morgan fingerprint density at radius 2 is 2.03 bits per heavy atom. The van der Waals surface area contributed by atoms with Crippen LogP contribution >= 0.6 is 11.3 Å². The van der Waals surface area contributed by atoms with E-state index in [0.717, 1.165) is 29.5 Å². The van der Waals surface area contributed by atoms with Crippen molar-refractivity contribution in [3.8, 4) is 0 Å². The molecule has 1 saturated heterocycles. The van der Waals surface area contributed by atoms with Crippen LogP contribution in [0.3, 0.4) is 0 Å². The number of aliphatic hydroxyl groups is 1. The van der Waals surface area contributed by atoms with E-state index in [2.05, 4.69) is 4.98 Å². The number of carbonyl (C=O) groups is 2. The van der Waals surface area contributed by atoms with Crippen molar-refractivity contribution in [1.29, 1.82) is 5.41 Å². The molecule has 35 heavy (non-hydrogen) atoms. The van der Waals surface area contributed by atoms with Crippen molar-refractivity contribution in [2.75, 3.05) is 24.6 Å². The summed E-state index contributed by atoms with van der Waals surface area (Å²) in [6, 6.07) is 14.5. The second kappa shape index (κ2) is 9.50. The highest BCUT2D eigenvalue weighted by Crippen LogP contribution is 2.35. The summed E-state index contributed by atoms with van der Waals surface area (Å²) in [6.45, 7) is 2.52. The fourth-order valence-electron chi connectivity index (χ4n) is 4.57. The quantitative estimate of drug-likeness (QED) is 0.506. The lowest BCUT2D eigenvalue weighted by Gasteiger charge is -2.33. The molecule has 8 nitrogen and oxygen atoms in total. The molecule has 1 amide bonds. The molecule has 0 aliphatic carbocycles. The molecule has 2 N–H and O–H groups in total. The van der Waals surface area contributed by atoms with Crippen LogP contribution in [0, 0.1) is 5.41 Å². The molecule has 0 bridgehead atoms. The van der Waals surface area contributed by atoms with Crippen LogP contribution in [-0.2, 0) is 9.53 Å². The fourth-order valence-corrected chi connectivity index (χ4v) is 5.60. The third-order valence-electron chi connectivity index (χ3n) is 6.45. The average Bonchev–Trinajstić information content (AvgIpc) is 3.42. The number of likely N-dealkylation sites (tertiary alicyclic amines) is 1. The van der Waals surface area contributed by atoms with Gasteiger partial charge in [-0.1, -0.05) is 18.2 Å². The molecule has 2 aliphatic heterocycles. The Kier molecular flexibility index (Phi) is 6.25. The summed E-state index contributed by atoms with van der Waals surface area (Å²) in [5, 5.41) is 19.9. The molecular formula is C26H26N4O4S. The molecule has 2 aromatic carbocycles. The number of amides is 1. The van der Waals surface area contributed by atoms with Crippen LogP contribution in [0.4, 0.5) is 5.69 Å². The molecule has 5 rings (SSSR count). The number of aliphatic hydroxyl groups excluding tert-OH is 1. The number of nitrogens with zero attached hydrogens (tertiary/aromatic N) is 3. The SMILES string of the molecule is C[C@H]1CCCCN1C(=O)COC(=O)c1cccc(N2CC(O)=C(c3nc4ccccc4s3)C2=N)c1. The number of hydrogen-bond acceptors (Lipinski definition) is 7. The highest BCUT2D eigenvalue weighted by molar-refractivity contribution is 7.19. The minimum Gasteiger partial charge on any atom is -0.510 e. The highest BCUT2D eigenvalue weighted by Gasteiger charge is 2.32. The predicted octanol–water partition coefficient (Wildman–Crippen LogP) is 4.62. The standard InChI is InChI=1S/C26H26N4O4S/c1-16-7-4-5-12-29(16)22(32)15-34-26(33)17-8-6-9-18(13-17)30-14-20(31)23(24(30)27)25-28-19-10-2-3-11-21(19)35-25/h2-3,6,8-11,13,16,27,31H,4-5,7,12,14-15H2,1H3/t16-/m0/s1. The monoisotopic (exact) mass is 490 g/mol. The van der Waals surface area contributed by atoms with Crippen LogP contribution < -0.4 is 4.90 Å². The van der Waals surface area contributed by atoms with E-state index in [9.17, 15) is 14.7 Å². The number of anilines is 1. The first kappa shape index (κ1) is 23.0. The maximum absolute atomic E-state index is 12.7. The summed E-state index contributed by atoms with van der Waals surface area (Å²) >= 11 is 1.42. The molecule has 0 radical (unpaired) electrons. The van der Waals surface area contributed by atoms with Gasteiger partial charge in [-0.2, -0.15) is 0 Å². The number of benzene rings is 2. The van der Waals surface area contributed by atoms with Gasteiger partial charge < -0.3 is 19.6 Å². The number of carbonyl (C=O) groups excluding carboxylic acids is 2. The van der Waals surface area contributed by atoms with Crippen molar-refractivity contribution in [1.82, 2.24) is 9.88 Å². The summed E-state index contributed by atoms with van der Waals surface area (Å²) in [6.07, 6.45) is 3.03. The fraction of sp³-hybridized carbons (Fsp3) is 0.308. The van der Waals surface area contributed by atoms with Gasteiger partial charge in [0.05, 0.1) is 27.9 Å². The largest absolute Gasteiger partial charge is 0.510 e. The normalized spacial score (nSPS) is 18.4. The zero-order valence-electron chi connectivity index (χ0n) is 19.4. The van der Waals surface area contributed by atoms with Gasteiger partial charge >= 0.3 is 5.97 Å². The van der Waals surface area contributed by atoms with Gasteiger partial charge in [0.2, 0.25) is 0 Å². The van der Waals surface area contributed by atoms with Crippen LogP contribution in [0.1, 0.15) is 41.6 Å². The van der Waals surface area contributed by atoms with E-state index in [4.69, 9.17) is 10.1 Å². The van der Waals surface area contributed by atoms with E-state index in [0.29, 0.717) is 22.8 Å². The van der Waals surface area contributed by atoms with Gasteiger partial charge in [-0.15, -0.1) is 11.3 Å². The van der Waals surface area contributed by atoms with Crippen LogP contribution in [0.25, 0.3) is 15.8 Å². The second-order valence-corrected chi connectivity index (χ2v) is 9.83. The van der Waals surface area contributed by atoms with Gasteiger partial charge in [-0.3, -0.25) is 10.2 Å². The Morgan fingerprint density at radius 1 is 1.20 bits per heavy atom. The number of rotatable bonds is 5. The van der Waals surface area contributed by atoms with Gasteiger partial charge in [-0.25, -0.2) is 9.78 Å². The van der Waals surface area contributed by atoms with Crippen molar-refractivity contribution in [2.45, 2.75) is 32.2 Å². The number of fused-ring (bicyclic) bond motifs is 1. The topological polar surface area (TPSA) is 107 Å². The first-order chi connectivity index (χ1) is 16.9. The lowest BCUT2D eigenvalue weighted by atomic mass is 10.0. The van der Waals surface area contributed by atoms with E-state index in [1.165, 1.54) is 11.3 Å². The Morgan fingerprint density at radius 3 is 2.83 bits per heavy atom. The van der Waals surface area contributed by atoms with Crippen molar-refractivity contribution in [3.05, 3.63) is 64.9 Å². The summed E-state index contributed by atoms with van der Waals surface area (Å²) in [4.78, 5) is 33.2. The maximum Gasteiger partial charge on any atom is 0.338 e. The molecule has 9 heteroatoms. The van der Waals surface area contributed by atoms with E-state index in [1.54, 1.807) is 34.1 Å². The minimum atomic E-state index is -0.598. The number of amidine groups is 1. The van der Waals surface area contributed by atoms with Gasteiger partial charge in [0.25, 0.3) is 5.91 Å². The smallest absolute Gasteiger partial charge is 0.338 e. The molecule has 180 valence electrons. The number of para-hydroxylation sites is 1. The minimum absolute atomic E-state index is 0.0586. The van der Waals surface area contributed by atoms with Crippen molar-refractivity contribution in [3.63, 3.8) is 0 Å². The molecule has 3 aromatic rings. The second-order valence-electron chi connectivity index (χ2n) is 8.80. The van der Waals surface area contributed by atoms with E-state index in [-0.39, 0.29) is 42.3 Å². The number of aromatic nitrogens is 1. The zero-order valence-corrected chi connectivity index (χ0v) is 20.2. The number of esters is 1. The van der Waals surface area contributed by atoms with Gasteiger partial charge in [-0.05, 0) is 56.5 Å². The first-order valence-corrected chi connectivity index (χ1v) is 12.4. The van der Waals surface area contributed by atoms with Crippen molar-refractivity contribution >= 4 is 50.5 Å². The van der Waals surface area contributed by atoms with E-state index in [1.807, 2.05) is 31.2 Å². The zero-order chi connectivity index (χ0) is 24.5. The first-order valence-electron chi connectivity index (χ1n) is 11.6. The summed E-state index contributed by atoms with van der Waals surface area (Å²) in [5.74, 6) is -0.610. The molecule has 1 fully saturated rings. The van der Waals surface area contributed by atoms with Crippen LogP contribution in [0.5, 0.6) is 0 Å². The van der Waals surface area contributed by atoms with Gasteiger partial charge in [0.15, 0.2) is 6.61 Å². The summed E-state index contributed by atoms with van der Waals surface area (Å²) in [7, 11) is 0. The lowest BCUT2D eigenvalue weighted by Crippen LogP contribution is -2.44. The number of nitrogens with one attached hydrogen (secondary N) is 1. The number of hydrogen-bond donors (Lipinski definition) is 2. The Balaban J connectivity index is 1.28. The van der Waals surface area contributed by atoms with E-state index >= 15 is 0 Å². The molecule has 0 unspecified atom stereocenters. The lowest BCUT2D eigenvalue weighted by molar-refractivity contribution is -0.137. The molecule has 0 spiro atoms. The summed E-state index contributed by atoms with van der Waals surface area (Å²) < 4.78 is 6.29. The van der Waals surface area contributed by atoms with Crippen molar-refractivity contribution in [2.24, 2.45) is 0 Å². The molecule has 0 saturated carbocycles. The third kappa shape index (κ3) is 4.51. The predicted molar refractivity (Wildman–Crippen MR) is 136 cm³/mol. The number of thiazole rings is 1. The Bertz CT molecular complexity index is 1310. The molecule has 1 aromatic heterocycles. The Hall–Kier alpha value is -3.72. The molecule has 2 aliphatic rings. The molecular weight excluding hydrogens is 464 g/mol. The average molecular weight is 491 g/mol. The molecule has 1 atom stereocenters. The summed E-state index contributed by atoms with van der Waals surface area (Å²) in [5.41, 5.74) is 2.06. The number of ether oxygens (including phenoxy) is 1. The van der Waals surface area contributed by atoms with E-state index < -0.39 is 5.97 Å². The highest BCUT2D eigenvalue weighted by atomic mass is 32.1. The maximum atomic E-state index is 12.7. The van der Waals surface area contributed by atoms with Gasteiger partial charge in [0.1, 0.15) is 16.6 Å². The number of piperidine rings is 1. The molecule has 3 heterocycles. The van der Waals surface area contributed by atoms with Crippen LogP contribution in [-0.4, -0.2) is 58.4 Å². The van der Waals surface area contributed by atoms with Gasteiger partial charge in [0, 0.05) is 18.3 Å². The Labute approximate surface area is 207 Å². The van der Waals surface area contributed by atoms with Crippen LogP contribution in [0.2, 0.25) is 0 Å². The van der Waals surface area contributed by atoms with Crippen molar-refractivity contribution < 1.29 is 19.4 Å². The van der Waals surface area contributed by atoms with Crippen LogP contribution in [0.15, 0.2) is 54.3 Å². The third-order valence-corrected chi connectivity index (χ3v) is 7.51.